The van der Waals surface area contributed by atoms with Crippen LogP contribution in [0, 0.1) is 0 Å². The zero-order chi connectivity index (χ0) is 24.9. The number of H-pyrrole nitrogens is 1. The number of thiocarbonyl (C=S) groups is 1. The van der Waals surface area contributed by atoms with Crippen LogP contribution >= 0.6 is 12.2 Å². The first kappa shape index (κ1) is 23.7. The molecule has 36 heavy (non-hydrogen) atoms. The lowest BCUT2D eigenvalue weighted by atomic mass is 10.1. The van der Waals surface area contributed by atoms with Crippen molar-refractivity contribution in [1.29, 1.82) is 0 Å². The van der Waals surface area contributed by atoms with Crippen molar-refractivity contribution in [2.45, 2.75) is 19.6 Å². The molecule has 1 aliphatic heterocycles. The van der Waals surface area contributed by atoms with Gasteiger partial charge in [0.1, 0.15) is 19.0 Å². The first-order valence-corrected chi connectivity index (χ1v) is 12.1. The van der Waals surface area contributed by atoms with Gasteiger partial charge in [-0.1, -0.05) is 42.5 Å². The Labute approximate surface area is 214 Å². The summed E-state index contributed by atoms with van der Waals surface area (Å²) in [6.45, 7) is 2.46. The first-order valence-electron chi connectivity index (χ1n) is 11.7. The van der Waals surface area contributed by atoms with Gasteiger partial charge in [0.2, 0.25) is 0 Å². The number of pyridine rings is 1. The summed E-state index contributed by atoms with van der Waals surface area (Å²) in [5, 5.41) is 4.79. The van der Waals surface area contributed by atoms with E-state index >= 15 is 0 Å². The third kappa shape index (κ3) is 5.44. The van der Waals surface area contributed by atoms with E-state index in [0.717, 1.165) is 22.3 Å². The number of nitrogens with one attached hydrogen (secondary N) is 2. The van der Waals surface area contributed by atoms with E-state index in [1.807, 2.05) is 77.7 Å². The molecule has 5 rings (SSSR count). The summed E-state index contributed by atoms with van der Waals surface area (Å²) in [6, 6.07) is 23.5. The summed E-state index contributed by atoms with van der Waals surface area (Å²) < 4.78 is 16.7. The highest BCUT2D eigenvalue weighted by molar-refractivity contribution is 7.80. The molecule has 3 aromatic carbocycles. The van der Waals surface area contributed by atoms with E-state index in [-0.39, 0.29) is 5.56 Å². The zero-order valence-electron chi connectivity index (χ0n) is 20.0. The molecule has 1 aromatic heterocycles. The standard InChI is InChI=1S/C28H27N3O4S/c1-33-23-9-7-20(8-10-23)17-31(28(36)29-16-19-5-3-2-4-6-19)18-22-13-21-14-25-26(35-12-11-34-25)15-24(21)30-27(22)32/h2-10,13-15H,11-12,16-18H2,1H3,(H,29,36)(H,30,32). The largest absolute Gasteiger partial charge is 0.497 e. The van der Waals surface area contributed by atoms with Crippen LogP contribution in [0.1, 0.15) is 16.7 Å². The van der Waals surface area contributed by atoms with Gasteiger partial charge in [0.05, 0.1) is 19.2 Å². The minimum Gasteiger partial charge on any atom is -0.497 e. The highest BCUT2D eigenvalue weighted by Crippen LogP contribution is 2.33. The van der Waals surface area contributed by atoms with Crippen molar-refractivity contribution in [2.75, 3.05) is 20.3 Å². The molecule has 0 radical (unpaired) electrons. The Kier molecular flexibility index (Phi) is 7.04. The van der Waals surface area contributed by atoms with Crippen molar-refractivity contribution in [3.63, 3.8) is 0 Å². The van der Waals surface area contributed by atoms with Gasteiger partial charge in [-0.3, -0.25) is 4.79 Å². The zero-order valence-corrected chi connectivity index (χ0v) is 20.8. The van der Waals surface area contributed by atoms with Gasteiger partial charge in [0.15, 0.2) is 16.6 Å². The summed E-state index contributed by atoms with van der Waals surface area (Å²) in [4.78, 5) is 18.0. The van der Waals surface area contributed by atoms with Crippen LogP contribution < -0.4 is 25.1 Å². The number of fused-ring (bicyclic) bond motifs is 2. The number of aromatic amines is 1. The van der Waals surface area contributed by atoms with Crippen LogP contribution in [-0.2, 0) is 19.6 Å². The molecule has 184 valence electrons. The third-order valence-electron chi connectivity index (χ3n) is 6.05. The summed E-state index contributed by atoms with van der Waals surface area (Å²) in [6.07, 6.45) is 0. The molecular weight excluding hydrogens is 474 g/mol. The Morgan fingerprint density at radius 1 is 0.972 bits per heavy atom. The topological polar surface area (TPSA) is 75.8 Å². The number of hydrogen-bond acceptors (Lipinski definition) is 5. The summed E-state index contributed by atoms with van der Waals surface area (Å²) in [5.74, 6) is 2.11. The molecule has 0 saturated carbocycles. The van der Waals surface area contributed by atoms with E-state index in [9.17, 15) is 4.79 Å². The second kappa shape index (κ2) is 10.7. The average Bonchev–Trinajstić information content (AvgIpc) is 2.91. The quantitative estimate of drug-likeness (QED) is 0.364. The van der Waals surface area contributed by atoms with Crippen LogP contribution in [0.4, 0.5) is 0 Å². The molecule has 0 saturated heterocycles. The highest BCUT2D eigenvalue weighted by atomic mass is 32.1. The van der Waals surface area contributed by atoms with Crippen LogP contribution in [0.5, 0.6) is 17.2 Å². The van der Waals surface area contributed by atoms with Crippen molar-refractivity contribution >= 4 is 28.2 Å². The maximum absolute atomic E-state index is 13.0. The maximum atomic E-state index is 13.0. The van der Waals surface area contributed by atoms with Crippen molar-refractivity contribution in [3.8, 4) is 17.2 Å². The number of hydrogen-bond donors (Lipinski definition) is 2. The lowest BCUT2D eigenvalue weighted by Gasteiger charge is -2.26. The highest BCUT2D eigenvalue weighted by Gasteiger charge is 2.17. The van der Waals surface area contributed by atoms with Crippen molar-refractivity contribution in [2.24, 2.45) is 0 Å². The fourth-order valence-corrected chi connectivity index (χ4v) is 4.35. The second-order valence-electron chi connectivity index (χ2n) is 8.56. The molecule has 4 aromatic rings. The van der Waals surface area contributed by atoms with Gasteiger partial charge in [0, 0.05) is 30.1 Å². The Balaban J connectivity index is 1.41. The van der Waals surface area contributed by atoms with Gasteiger partial charge in [-0.05, 0) is 47.6 Å². The Morgan fingerprint density at radius 3 is 2.42 bits per heavy atom. The lowest BCUT2D eigenvalue weighted by molar-refractivity contribution is 0.172. The maximum Gasteiger partial charge on any atom is 0.253 e. The first-order chi connectivity index (χ1) is 17.6. The molecule has 2 heterocycles. The number of rotatable bonds is 7. The van der Waals surface area contributed by atoms with Gasteiger partial charge >= 0.3 is 0 Å². The summed E-state index contributed by atoms with van der Waals surface area (Å²) >= 11 is 5.78. The average molecular weight is 502 g/mol. The van der Waals surface area contributed by atoms with Gasteiger partial charge in [-0.25, -0.2) is 0 Å². The fraction of sp³-hybridized carbons (Fsp3) is 0.214. The predicted molar refractivity (Wildman–Crippen MR) is 144 cm³/mol. The Hall–Kier alpha value is -4.04. The van der Waals surface area contributed by atoms with E-state index in [1.54, 1.807) is 7.11 Å². The summed E-state index contributed by atoms with van der Waals surface area (Å²) in [7, 11) is 1.64. The molecule has 0 bridgehead atoms. The van der Waals surface area contributed by atoms with E-state index in [1.165, 1.54) is 0 Å². The normalized spacial score (nSPS) is 12.2. The summed E-state index contributed by atoms with van der Waals surface area (Å²) in [5.41, 5.74) is 3.33. The molecule has 2 N–H and O–H groups in total. The molecule has 0 spiro atoms. The monoisotopic (exact) mass is 501 g/mol. The molecule has 0 aliphatic carbocycles. The van der Waals surface area contributed by atoms with E-state index in [4.69, 9.17) is 26.4 Å². The minimum atomic E-state index is -0.162. The molecule has 7 nitrogen and oxygen atoms in total. The van der Waals surface area contributed by atoms with E-state index in [0.29, 0.717) is 60.5 Å². The van der Waals surface area contributed by atoms with Crippen molar-refractivity contribution in [1.82, 2.24) is 15.2 Å². The van der Waals surface area contributed by atoms with Crippen LogP contribution in [-0.4, -0.2) is 35.3 Å². The molecule has 8 heteroatoms. The molecule has 0 amide bonds. The predicted octanol–water partition coefficient (Wildman–Crippen LogP) is 4.38. The minimum absolute atomic E-state index is 0.162. The molecule has 1 aliphatic rings. The fourth-order valence-electron chi connectivity index (χ4n) is 4.15. The van der Waals surface area contributed by atoms with Gasteiger partial charge in [-0.15, -0.1) is 0 Å². The van der Waals surface area contributed by atoms with Crippen molar-refractivity contribution in [3.05, 3.63) is 99.8 Å². The molecule has 0 unspecified atom stereocenters. The van der Waals surface area contributed by atoms with Crippen LogP contribution in [0.2, 0.25) is 0 Å². The van der Waals surface area contributed by atoms with Crippen LogP contribution in [0.15, 0.2) is 77.6 Å². The third-order valence-corrected chi connectivity index (χ3v) is 6.45. The lowest BCUT2D eigenvalue weighted by Crippen LogP contribution is -2.39. The number of nitrogens with zero attached hydrogens (tertiary/aromatic N) is 1. The van der Waals surface area contributed by atoms with E-state index in [2.05, 4.69) is 10.3 Å². The van der Waals surface area contributed by atoms with Crippen LogP contribution in [0.3, 0.4) is 0 Å². The second-order valence-corrected chi connectivity index (χ2v) is 8.94. The Bertz CT molecular complexity index is 1420. The van der Waals surface area contributed by atoms with Gasteiger partial charge in [0.25, 0.3) is 5.56 Å². The van der Waals surface area contributed by atoms with Gasteiger partial charge < -0.3 is 29.4 Å². The van der Waals surface area contributed by atoms with Crippen molar-refractivity contribution < 1.29 is 14.2 Å². The van der Waals surface area contributed by atoms with E-state index < -0.39 is 0 Å². The number of aromatic nitrogens is 1. The number of ether oxygens (including phenoxy) is 3. The molecule has 0 fully saturated rings. The number of methoxy groups -OCH3 is 1. The molecular formula is C28H27N3O4S. The number of benzene rings is 3. The smallest absolute Gasteiger partial charge is 0.253 e. The molecule has 0 atom stereocenters. The van der Waals surface area contributed by atoms with Gasteiger partial charge in [-0.2, -0.15) is 0 Å². The van der Waals surface area contributed by atoms with Crippen LogP contribution in [0.25, 0.3) is 10.9 Å². The SMILES string of the molecule is COc1ccc(CN(Cc2cc3cc4c(cc3[nH]c2=O)OCCO4)C(=S)NCc2ccccc2)cc1. The Morgan fingerprint density at radius 2 is 1.69 bits per heavy atom.